The van der Waals surface area contributed by atoms with Gasteiger partial charge in [0.2, 0.25) is 0 Å². The number of nitrogens with one attached hydrogen (secondary N) is 2. The molecular weight excluding hydrogens is 288 g/mol. The first-order valence-electron chi connectivity index (χ1n) is 7.15. The van der Waals surface area contributed by atoms with Gasteiger partial charge in [-0.05, 0) is 12.8 Å². The summed E-state index contributed by atoms with van der Waals surface area (Å²) < 4.78 is 0. The van der Waals surface area contributed by atoms with Gasteiger partial charge in [0, 0.05) is 25.9 Å². The first-order chi connectivity index (χ1) is 10.0. The molecule has 1 rings (SSSR count). The largest absolute Gasteiger partial charge is 0.345 e. The van der Waals surface area contributed by atoms with Gasteiger partial charge in [-0.15, -0.1) is 6.58 Å². The number of carbonyl (C=O) groups excluding carboxylic acids is 2. The second-order valence-corrected chi connectivity index (χ2v) is 6.38. The minimum Gasteiger partial charge on any atom is -0.334 e. The van der Waals surface area contributed by atoms with Crippen molar-refractivity contribution in [3.05, 3.63) is 12.7 Å². The van der Waals surface area contributed by atoms with Crippen LogP contribution < -0.4 is 10.6 Å². The number of aliphatic imine (C=N–C) groups is 1. The van der Waals surface area contributed by atoms with Crippen LogP contribution in [0.25, 0.3) is 0 Å². The Morgan fingerprint density at radius 3 is 2.57 bits per heavy atom. The van der Waals surface area contributed by atoms with Gasteiger partial charge in [-0.25, -0.2) is 9.59 Å². The predicted molar refractivity (Wildman–Crippen MR) is 87.7 cm³/mol. The van der Waals surface area contributed by atoms with Crippen LogP contribution in [0.1, 0.15) is 32.1 Å². The van der Waals surface area contributed by atoms with Crippen molar-refractivity contribution in [3.63, 3.8) is 0 Å². The Kier molecular flexibility index (Phi) is 7.89. The lowest BCUT2D eigenvalue weighted by Gasteiger charge is -2.21. The Morgan fingerprint density at radius 2 is 2.00 bits per heavy atom. The number of amidine groups is 1. The number of hydrogen-bond acceptors (Lipinski definition) is 3. The van der Waals surface area contributed by atoms with Crippen molar-refractivity contribution in [2.75, 3.05) is 20.6 Å². The molecule has 0 saturated heterocycles. The summed E-state index contributed by atoms with van der Waals surface area (Å²) in [6.07, 6.45) is 7.42. The Bertz CT molecular complexity index is 404. The Morgan fingerprint density at radius 1 is 1.33 bits per heavy atom. The Balaban J connectivity index is 2.66. The number of carbonyl (C=O) groups is 2. The average molecular weight is 312 g/mol. The summed E-state index contributed by atoms with van der Waals surface area (Å²) in [6.45, 7) is 3.91. The number of hydrogen-bond donors (Lipinski definition) is 2. The molecule has 0 bridgehead atoms. The van der Waals surface area contributed by atoms with E-state index in [1.54, 1.807) is 20.2 Å². The van der Waals surface area contributed by atoms with E-state index >= 15 is 0 Å². The Hall–Kier alpha value is -1.50. The van der Waals surface area contributed by atoms with E-state index in [0.29, 0.717) is 17.0 Å². The van der Waals surface area contributed by atoms with Crippen molar-refractivity contribution >= 4 is 29.0 Å². The molecule has 1 fully saturated rings. The van der Waals surface area contributed by atoms with E-state index in [0.717, 1.165) is 12.8 Å². The van der Waals surface area contributed by atoms with Crippen LogP contribution in [0.15, 0.2) is 17.6 Å². The second kappa shape index (κ2) is 9.44. The number of rotatable bonds is 3. The van der Waals surface area contributed by atoms with Crippen LogP contribution in [0, 0.1) is 0 Å². The van der Waals surface area contributed by atoms with Crippen LogP contribution in [-0.2, 0) is 0 Å². The van der Waals surface area contributed by atoms with E-state index in [4.69, 9.17) is 0 Å². The third-order valence-electron chi connectivity index (χ3n) is 3.04. The lowest BCUT2D eigenvalue weighted by molar-refractivity contribution is 0.227. The zero-order chi connectivity index (χ0) is 15.7. The smallest absolute Gasteiger partial charge is 0.334 e. The van der Waals surface area contributed by atoms with Crippen LogP contribution >= 0.6 is 11.8 Å². The van der Waals surface area contributed by atoms with Crippen LogP contribution in [0.5, 0.6) is 0 Å². The van der Waals surface area contributed by atoms with Crippen LogP contribution in [0.2, 0.25) is 0 Å². The van der Waals surface area contributed by atoms with Crippen molar-refractivity contribution in [2.24, 2.45) is 4.99 Å². The molecule has 0 heterocycles. The van der Waals surface area contributed by atoms with Gasteiger partial charge in [0.1, 0.15) is 0 Å². The van der Waals surface area contributed by atoms with Crippen LogP contribution in [0.4, 0.5) is 9.59 Å². The molecule has 0 aromatic carbocycles. The first-order valence-corrected chi connectivity index (χ1v) is 8.03. The highest BCUT2D eigenvalue weighted by Gasteiger charge is 2.19. The van der Waals surface area contributed by atoms with E-state index < -0.39 is 0 Å². The van der Waals surface area contributed by atoms with E-state index in [2.05, 4.69) is 22.2 Å². The van der Waals surface area contributed by atoms with Crippen molar-refractivity contribution < 1.29 is 9.59 Å². The number of nitrogens with zero attached hydrogens (tertiary/aromatic N) is 2. The van der Waals surface area contributed by atoms with Gasteiger partial charge in [-0.3, -0.25) is 5.32 Å². The molecule has 7 heteroatoms. The molecule has 0 radical (unpaired) electrons. The van der Waals surface area contributed by atoms with E-state index in [1.165, 1.54) is 35.9 Å². The van der Waals surface area contributed by atoms with Gasteiger partial charge in [-0.1, -0.05) is 37.1 Å². The van der Waals surface area contributed by atoms with Crippen molar-refractivity contribution in [2.45, 2.75) is 37.4 Å². The minimum absolute atomic E-state index is 0.363. The molecule has 0 unspecified atom stereocenters. The molecule has 6 nitrogen and oxygen atoms in total. The van der Waals surface area contributed by atoms with Gasteiger partial charge in [-0.2, -0.15) is 4.99 Å². The third kappa shape index (κ3) is 7.17. The summed E-state index contributed by atoms with van der Waals surface area (Å²) in [5, 5.41) is 6.04. The lowest BCUT2D eigenvalue weighted by Crippen LogP contribution is -2.39. The van der Waals surface area contributed by atoms with Crippen molar-refractivity contribution in [1.29, 1.82) is 0 Å². The zero-order valence-corrected chi connectivity index (χ0v) is 13.5. The molecule has 1 aliphatic rings. The van der Waals surface area contributed by atoms with Crippen LogP contribution in [0.3, 0.4) is 0 Å². The van der Waals surface area contributed by atoms with Gasteiger partial charge < -0.3 is 10.2 Å². The summed E-state index contributed by atoms with van der Waals surface area (Å²) in [6, 6.07) is -0.749. The minimum atomic E-state index is -0.377. The maximum absolute atomic E-state index is 11.7. The average Bonchev–Trinajstić information content (AvgIpc) is 2.45. The SMILES string of the molecule is C=CCNC(=O)NC(=NC(=O)N(C)C)SC1CCCCC1. The number of urea groups is 2. The summed E-state index contributed by atoms with van der Waals surface area (Å²) in [5.41, 5.74) is 0. The highest BCUT2D eigenvalue weighted by Crippen LogP contribution is 2.28. The Labute approximate surface area is 130 Å². The third-order valence-corrected chi connectivity index (χ3v) is 4.26. The standard InChI is InChI=1S/C14H24N4O2S/c1-4-10-15-12(19)16-13(17-14(20)18(2)3)21-11-8-6-5-7-9-11/h4,11H,1,5-10H2,2-3H3,(H2,15,16,17,19,20). The fourth-order valence-electron chi connectivity index (χ4n) is 1.92. The molecule has 0 aliphatic heterocycles. The highest BCUT2D eigenvalue weighted by atomic mass is 32.2. The maximum atomic E-state index is 11.7. The summed E-state index contributed by atoms with van der Waals surface area (Å²) in [5.74, 6) is 0. The topological polar surface area (TPSA) is 73.8 Å². The number of amides is 4. The summed E-state index contributed by atoms with van der Waals surface area (Å²) in [7, 11) is 3.26. The van der Waals surface area contributed by atoms with Crippen molar-refractivity contribution in [3.8, 4) is 0 Å². The molecule has 4 amide bonds. The summed E-state index contributed by atoms with van der Waals surface area (Å²) >= 11 is 1.48. The molecule has 2 N–H and O–H groups in total. The number of thioether (sulfide) groups is 1. The molecule has 118 valence electrons. The monoisotopic (exact) mass is 312 g/mol. The molecule has 0 aromatic rings. The predicted octanol–water partition coefficient (Wildman–Crippen LogP) is 2.58. The molecule has 21 heavy (non-hydrogen) atoms. The normalized spacial score (nSPS) is 16.2. The van der Waals surface area contributed by atoms with Crippen LogP contribution in [-0.4, -0.2) is 48.0 Å². The summed E-state index contributed by atoms with van der Waals surface area (Å²) in [4.78, 5) is 28.8. The maximum Gasteiger partial charge on any atom is 0.345 e. The zero-order valence-electron chi connectivity index (χ0n) is 12.7. The van der Waals surface area contributed by atoms with E-state index in [1.807, 2.05) is 0 Å². The van der Waals surface area contributed by atoms with Crippen molar-refractivity contribution in [1.82, 2.24) is 15.5 Å². The molecule has 0 spiro atoms. The van der Waals surface area contributed by atoms with Gasteiger partial charge in [0.05, 0.1) is 0 Å². The highest BCUT2D eigenvalue weighted by molar-refractivity contribution is 8.14. The fourth-order valence-corrected chi connectivity index (χ4v) is 3.08. The first kappa shape index (κ1) is 17.6. The second-order valence-electron chi connectivity index (χ2n) is 5.10. The molecule has 0 aromatic heterocycles. The van der Waals surface area contributed by atoms with E-state index in [9.17, 15) is 9.59 Å². The van der Waals surface area contributed by atoms with Gasteiger partial charge in [0.25, 0.3) is 0 Å². The van der Waals surface area contributed by atoms with E-state index in [-0.39, 0.29) is 12.1 Å². The molecule has 1 aliphatic carbocycles. The molecular formula is C14H24N4O2S. The fraction of sp³-hybridized carbons (Fsp3) is 0.643. The van der Waals surface area contributed by atoms with Gasteiger partial charge >= 0.3 is 12.1 Å². The lowest BCUT2D eigenvalue weighted by atomic mass is 10.0. The van der Waals surface area contributed by atoms with Gasteiger partial charge in [0.15, 0.2) is 5.17 Å². The molecule has 1 saturated carbocycles. The molecule has 0 atom stereocenters. The quantitative estimate of drug-likeness (QED) is 0.478.